The number of carbonyl (C=O) groups excluding carboxylic acids is 2. The first-order chi connectivity index (χ1) is 5.46. The molecule has 0 aromatic rings. The number of Topliss-reactive ketones (excluding diaryl/α,β-unsaturated/α-hetero) is 1. The Morgan fingerprint density at radius 1 is 1.33 bits per heavy atom. The van der Waals surface area contributed by atoms with Crippen LogP contribution in [0.3, 0.4) is 0 Å². The third-order valence-electron chi connectivity index (χ3n) is 1.50. The number of methoxy groups -OCH3 is 1. The Hall–Kier alpha value is -1.30. The fraction of sp³-hybridized carbons (Fsp3) is 0.556. The van der Waals surface area contributed by atoms with Crippen LogP contribution in [0.15, 0.2) is 0 Å². The third-order valence-corrected chi connectivity index (χ3v) is 1.50. The van der Waals surface area contributed by atoms with Crippen molar-refractivity contribution in [3.8, 4) is 11.8 Å². The first kappa shape index (κ1) is 10.7. The lowest BCUT2D eigenvalue weighted by atomic mass is 9.88. The Labute approximate surface area is 72.1 Å². The molecule has 0 aromatic carbocycles. The maximum atomic E-state index is 11.2. The minimum Gasteiger partial charge on any atom is -0.468 e. The van der Waals surface area contributed by atoms with E-state index in [2.05, 4.69) is 16.6 Å². The van der Waals surface area contributed by atoms with Gasteiger partial charge in [0.05, 0.1) is 7.11 Å². The largest absolute Gasteiger partial charge is 0.468 e. The van der Waals surface area contributed by atoms with Gasteiger partial charge in [-0.25, -0.2) is 0 Å². The highest BCUT2D eigenvalue weighted by Gasteiger charge is 2.35. The van der Waals surface area contributed by atoms with E-state index in [0.717, 1.165) is 0 Å². The SMILES string of the molecule is CC#CC(=O)C(C)(C)C(=O)OC. The molecule has 0 saturated heterocycles. The maximum absolute atomic E-state index is 11.2. The predicted octanol–water partition coefficient (Wildman–Crippen LogP) is 0.778. The molecule has 0 fully saturated rings. The van der Waals surface area contributed by atoms with E-state index in [0.29, 0.717) is 0 Å². The van der Waals surface area contributed by atoms with Crippen molar-refractivity contribution >= 4 is 11.8 Å². The molecule has 0 aliphatic carbocycles. The minimum absolute atomic E-state index is 0.420. The van der Waals surface area contributed by atoms with Crippen LogP contribution in [0, 0.1) is 17.3 Å². The molecule has 0 atom stereocenters. The highest BCUT2D eigenvalue weighted by molar-refractivity contribution is 6.11. The first-order valence-electron chi connectivity index (χ1n) is 3.52. The van der Waals surface area contributed by atoms with E-state index in [-0.39, 0.29) is 0 Å². The minimum atomic E-state index is -1.16. The summed E-state index contributed by atoms with van der Waals surface area (Å²) in [7, 11) is 1.25. The highest BCUT2D eigenvalue weighted by atomic mass is 16.5. The molecule has 0 unspecified atom stereocenters. The number of carbonyl (C=O) groups is 2. The zero-order valence-corrected chi connectivity index (χ0v) is 7.72. The molecule has 0 heterocycles. The summed E-state index contributed by atoms with van der Waals surface area (Å²) < 4.78 is 4.45. The number of ether oxygens (including phenoxy) is 1. The molecule has 0 spiro atoms. The molecule has 0 aromatic heterocycles. The summed E-state index contributed by atoms with van der Waals surface area (Å²) in [5.74, 6) is 3.78. The Bertz CT molecular complexity index is 253. The Morgan fingerprint density at radius 2 is 1.83 bits per heavy atom. The van der Waals surface area contributed by atoms with Crippen molar-refractivity contribution in [1.82, 2.24) is 0 Å². The van der Waals surface area contributed by atoms with Crippen molar-refractivity contribution in [2.24, 2.45) is 5.41 Å². The van der Waals surface area contributed by atoms with Gasteiger partial charge in [0, 0.05) is 0 Å². The van der Waals surface area contributed by atoms with Gasteiger partial charge in [-0.3, -0.25) is 9.59 Å². The van der Waals surface area contributed by atoms with E-state index < -0.39 is 17.2 Å². The molecule has 0 amide bonds. The molecule has 0 N–H and O–H groups in total. The third kappa shape index (κ3) is 2.09. The summed E-state index contributed by atoms with van der Waals surface area (Å²) in [4.78, 5) is 22.2. The molecule has 0 radical (unpaired) electrons. The topological polar surface area (TPSA) is 43.4 Å². The number of ketones is 1. The molecule has 3 heteroatoms. The van der Waals surface area contributed by atoms with Crippen molar-refractivity contribution in [2.45, 2.75) is 20.8 Å². The summed E-state index contributed by atoms with van der Waals surface area (Å²) >= 11 is 0. The van der Waals surface area contributed by atoms with Crippen molar-refractivity contribution in [3.05, 3.63) is 0 Å². The zero-order chi connectivity index (χ0) is 9.78. The second kappa shape index (κ2) is 3.91. The van der Waals surface area contributed by atoms with Gasteiger partial charge in [-0.15, -0.1) is 0 Å². The molecular weight excluding hydrogens is 156 g/mol. The van der Waals surface area contributed by atoms with Crippen LogP contribution in [0.5, 0.6) is 0 Å². The van der Waals surface area contributed by atoms with Crippen molar-refractivity contribution in [2.75, 3.05) is 7.11 Å². The summed E-state index contributed by atoms with van der Waals surface area (Å²) in [6, 6.07) is 0. The molecule has 66 valence electrons. The zero-order valence-electron chi connectivity index (χ0n) is 7.72. The molecule has 0 bridgehead atoms. The van der Waals surface area contributed by atoms with Gasteiger partial charge in [-0.1, -0.05) is 5.92 Å². The van der Waals surface area contributed by atoms with Gasteiger partial charge in [0.25, 0.3) is 0 Å². The summed E-state index contributed by atoms with van der Waals surface area (Å²) in [5, 5.41) is 0. The van der Waals surface area contributed by atoms with E-state index in [1.54, 1.807) is 6.92 Å². The lowest BCUT2D eigenvalue weighted by Gasteiger charge is -2.15. The van der Waals surface area contributed by atoms with Gasteiger partial charge < -0.3 is 4.74 Å². The maximum Gasteiger partial charge on any atom is 0.319 e. The number of esters is 1. The van der Waals surface area contributed by atoms with Crippen LogP contribution in [0.25, 0.3) is 0 Å². The smallest absolute Gasteiger partial charge is 0.319 e. The van der Waals surface area contributed by atoms with E-state index in [9.17, 15) is 9.59 Å². The Morgan fingerprint density at radius 3 is 2.17 bits per heavy atom. The molecule has 12 heavy (non-hydrogen) atoms. The van der Waals surface area contributed by atoms with Crippen LogP contribution in [-0.2, 0) is 14.3 Å². The van der Waals surface area contributed by atoms with E-state index in [1.807, 2.05) is 0 Å². The van der Waals surface area contributed by atoms with Crippen LogP contribution in [0.4, 0.5) is 0 Å². The fourth-order valence-electron chi connectivity index (χ4n) is 0.618. The second-order valence-corrected chi connectivity index (χ2v) is 2.82. The quantitative estimate of drug-likeness (QED) is 0.265. The molecule has 0 saturated carbocycles. The van der Waals surface area contributed by atoms with Crippen molar-refractivity contribution in [1.29, 1.82) is 0 Å². The first-order valence-corrected chi connectivity index (χ1v) is 3.52. The lowest BCUT2D eigenvalue weighted by Crippen LogP contribution is -2.33. The Kier molecular flexibility index (Phi) is 3.49. The predicted molar refractivity (Wildman–Crippen MR) is 44.3 cm³/mol. The highest BCUT2D eigenvalue weighted by Crippen LogP contribution is 2.17. The van der Waals surface area contributed by atoms with Crippen LogP contribution >= 0.6 is 0 Å². The van der Waals surface area contributed by atoms with E-state index in [4.69, 9.17) is 0 Å². The summed E-state index contributed by atoms with van der Waals surface area (Å²) in [6.45, 7) is 4.53. The molecule has 3 nitrogen and oxygen atoms in total. The average Bonchev–Trinajstić information content (AvgIpc) is 2.03. The summed E-state index contributed by atoms with van der Waals surface area (Å²) in [5.41, 5.74) is -1.16. The number of hydrogen-bond donors (Lipinski definition) is 0. The fourth-order valence-corrected chi connectivity index (χ4v) is 0.618. The average molecular weight is 168 g/mol. The molecule has 0 aliphatic heterocycles. The molecular formula is C9H12O3. The normalized spacial score (nSPS) is 9.67. The van der Waals surface area contributed by atoms with Gasteiger partial charge >= 0.3 is 5.97 Å². The standard InChI is InChI=1S/C9H12O3/c1-5-6-7(10)9(2,3)8(11)12-4/h1-4H3. The number of rotatable bonds is 2. The van der Waals surface area contributed by atoms with E-state index in [1.165, 1.54) is 21.0 Å². The van der Waals surface area contributed by atoms with E-state index >= 15 is 0 Å². The van der Waals surface area contributed by atoms with Gasteiger partial charge in [0.15, 0.2) is 0 Å². The molecule has 0 aliphatic rings. The van der Waals surface area contributed by atoms with Gasteiger partial charge in [-0.2, -0.15) is 0 Å². The van der Waals surface area contributed by atoms with Crippen LogP contribution in [0.2, 0.25) is 0 Å². The molecule has 0 rings (SSSR count). The lowest BCUT2D eigenvalue weighted by molar-refractivity contribution is -0.154. The van der Waals surface area contributed by atoms with Gasteiger partial charge in [-0.05, 0) is 26.7 Å². The van der Waals surface area contributed by atoms with Crippen molar-refractivity contribution in [3.63, 3.8) is 0 Å². The number of hydrogen-bond acceptors (Lipinski definition) is 3. The van der Waals surface area contributed by atoms with Gasteiger partial charge in [0.2, 0.25) is 5.78 Å². The monoisotopic (exact) mass is 168 g/mol. The Balaban J connectivity index is 4.68. The van der Waals surface area contributed by atoms with Crippen molar-refractivity contribution < 1.29 is 14.3 Å². The van der Waals surface area contributed by atoms with Crippen LogP contribution in [0.1, 0.15) is 20.8 Å². The van der Waals surface area contributed by atoms with Crippen LogP contribution in [-0.4, -0.2) is 18.9 Å². The summed E-state index contributed by atoms with van der Waals surface area (Å²) in [6.07, 6.45) is 0. The second-order valence-electron chi connectivity index (χ2n) is 2.82. The van der Waals surface area contributed by atoms with Crippen LogP contribution < -0.4 is 0 Å². The van der Waals surface area contributed by atoms with Gasteiger partial charge in [0.1, 0.15) is 5.41 Å².